The Morgan fingerprint density at radius 1 is 1.47 bits per heavy atom. The molecule has 1 heterocycles. The van der Waals surface area contributed by atoms with Crippen molar-refractivity contribution in [2.75, 3.05) is 7.11 Å². The minimum absolute atomic E-state index is 0.158. The van der Waals surface area contributed by atoms with Crippen LogP contribution in [0.3, 0.4) is 0 Å². The number of hydrogen-bond donors (Lipinski definition) is 1. The molecule has 1 aromatic rings. The predicted octanol–water partition coefficient (Wildman–Crippen LogP) is 1.60. The Hall–Kier alpha value is -1.13. The molecule has 2 N–H and O–H groups in total. The Balaban J connectivity index is 3.47. The van der Waals surface area contributed by atoms with Crippen molar-refractivity contribution in [3.8, 4) is 0 Å². The number of esters is 1. The van der Waals surface area contributed by atoms with E-state index in [1.54, 1.807) is 13.8 Å². The van der Waals surface area contributed by atoms with E-state index < -0.39 is 5.97 Å². The number of pyridine rings is 1. The van der Waals surface area contributed by atoms with E-state index in [4.69, 9.17) is 17.3 Å². The van der Waals surface area contributed by atoms with Crippen molar-refractivity contribution in [2.45, 2.75) is 20.4 Å². The smallest absolute Gasteiger partial charge is 0.340 e. The van der Waals surface area contributed by atoms with Gasteiger partial charge in [0, 0.05) is 6.54 Å². The molecule has 0 bridgehead atoms. The molecule has 1 aromatic heterocycles. The third kappa shape index (κ3) is 2.11. The van der Waals surface area contributed by atoms with Gasteiger partial charge in [0.1, 0.15) is 5.15 Å². The van der Waals surface area contributed by atoms with Crippen molar-refractivity contribution in [1.82, 2.24) is 4.98 Å². The van der Waals surface area contributed by atoms with E-state index in [-0.39, 0.29) is 6.54 Å². The van der Waals surface area contributed by atoms with Gasteiger partial charge in [-0.25, -0.2) is 9.78 Å². The molecule has 0 aliphatic heterocycles. The molecule has 0 saturated carbocycles. The molecule has 0 radical (unpaired) electrons. The molecular formula is C10H13ClN2O2. The number of rotatable bonds is 2. The summed E-state index contributed by atoms with van der Waals surface area (Å²) < 4.78 is 4.68. The minimum atomic E-state index is -0.430. The second-order valence-electron chi connectivity index (χ2n) is 3.17. The number of carbonyl (C=O) groups is 1. The molecule has 15 heavy (non-hydrogen) atoms. The lowest BCUT2D eigenvalue weighted by Crippen LogP contribution is -2.14. The molecule has 0 aliphatic rings. The molecule has 0 aromatic carbocycles. The molecule has 0 spiro atoms. The Kier molecular flexibility index (Phi) is 3.66. The molecule has 5 heteroatoms. The van der Waals surface area contributed by atoms with Crippen molar-refractivity contribution in [3.63, 3.8) is 0 Å². The third-order valence-electron chi connectivity index (χ3n) is 2.35. The van der Waals surface area contributed by atoms with Crippen LogP contribution < -0.4 is 5.73 Å². The fourth-order valence-corrected chi connectivity index (χ4v) is 1.58. The number of aromatic nitrogens is 1. The van der Waals surface area contributed by atoms with Crippen molar-refractivity contribution in [3.05, 3.63) is 27.5 Å². The van der Waals surface area contributed by atoms with Crippen LogP contribution in [0.5, 0.6) is 0 Å². The second kappa shape index (κ2) is 4.59. The summed E-state index contributed by atoms with van der Waals surface area (Å²) in [7, 11) is 1.33. The van der Waals surface area contributed by atoms with E-state index in [9.17, 15) is 4.79 Å². The first-order valence-corrected chi connectivity index (χ1v) is 4.84. The zero-order valence-corrected chi connectivity index (χ0v) is 9.68. The fraction of sp³-hybridized carbons (Fsp3) is 0.400. The number of nitrogens with zero attached hydrogens (tertiary/aromatic N) is 1. The molecule has 0 aliphatic carbocycles. The summed E-state index contributed by atoms with van der Waals surface area (Å²) in [4.78, 5) is 15.6. The topological polar surface area (TPSA) is 65.2 Å². The zero-order chi connectivity index (χ0) is 11.6. The Labute approximate surface area is 93.4 Å². The molecule has 0 fully saturated rings. The molecule has 82 valence electrons. The Bertz CT molecular complexity index is 405. The Morgan fingerprint density at radius 3 is 2.53 bits per heavy atom. The number of ether oxygens (including phenoxy) is 1. The van der Waals surface area contributed by atoms with Gasteiger partial charge in [-0.1, -0.05) is 11.6 Å². The molecule has 0 unspecified atom stereocenters. The molecule has 0 saturated heterocycles. The number of halogens is 1. The summed E-state index contributed by atoms with van der Waals surface area (Å²) >= 11 is 5.90. The van der Waals surface area contributed by atoms with Crippen molar-refractivity contribution >= 4 is 17.6 Å². The highest BCUT2D eigenvalue weighted by Gasteiger charge is 2.18. The Morgan fingerprint density at radius 2 is 2.07 bits per heavy atom. The highest BCUT2D eigenvalue weighted by Crippen LogP contribution is 2.23. The number of hydrogen-bond acceptors (Lipinski definition) is 4. The van der Waals surface area contributed by atoms with Gasteiger partial charge in [-0.05, 0) is 25.0 Å². The minimum Gasteiger partial charge on any atom is -0.465 e. The van der Waals surface area contributed by atoms with Gasteiger partial charge in [0.15, 0.2) is 0 Å². The van der Waals surface area contributed by atoms with Crippen molar-refractivity contribution in [2.24, 2.45) is 5.73 Å². The van der Waals surface area contributed by atoms with Crippen LogP contribution in [0.1, 0.15) is 27.2 Å². The summed E-state index contributed by atoms with van der Waals surface area (Å²) in [5.41, 5.74) is 7.93. The van der Waals surface area contributed by atoms with Gasteiger partial charge in [-0.2, -0.15) is 0 Å². The van der Waals surface area contributed by atoms with E-state index in [1.807, 2.05) is 0 Å². The van der Waals surface area contributed by atoms with Crippen LogP contribution in [-0.2, 0) is 11.3 Å². The average molecular weight is 229 g/mol. The molecule has 0 atom stereocenters. The molecule has 1 rings (SSSR count). The van der Waals surface area contributed by atoms with Gasteiger partial charge in [0.05, 0.1) is 18.4 Å². The van der Waals surface area contributed by atoms with Crippen LogP contribution in [-0.4, -0.2) is 18.1 Å². The fourth-order valence-electron chi connectivity index (χ4n) is 1.34. The normalized spacial score (nSPS) is 10.2. The molecule has 0 amide bonds. The van der Waals surface area contributed by atoms with E-state index >= 15 is 0 Å². The van der Waals surface area contributed by atoms with Gasteiger partial charge >= 0.3 is 5.97 Å². The van der Waals surface area contributed by atoms with Gasteiger partial charge in [0.2, 0.25) is 0 Å². The highest BCUT2D eigenvalue weighted by molar-refractivity contribution is 6.30. The van der Waals surface area contributed by atoms with E-state index in [1.165, 1.54) is 7.11 Å². The number of methoxy groups -OCH3 is 1. The van der Waals surface area contributed by atoms with Crippen molar-refractivity contribution < 1.29 is 9.53 Å². The standard InChI is InChI=1S/C10H13ClN2O2/c1-5-6(2)9(11)13-7(4-12)8(5)10(14)15-3/h4,12H2,1-3H3. The van der Waals surface area contributed by atoms with Crippen LogP contribution in [0.25, 0.3) is 0 Å². The summed E-state index contributed by atoms with van der Waals surface area (Å²) in [6.07, 6.45) is 0. The monoisotopic (exact) mass is 228 g/mol. The average Bonchev–Trinajstić information content (AvgIpc) is 2.24. The molecular weight excluding hydrogens is 216 g/mol. The lowest BCUT2D eigenvalue weighted by atomic mass is 10.0. The number of nitrogens with two attached hydrogens (primary N) is 1. The summed E-state index contributed by atoms with van der Waals surface area (Å²) in [5, 5.41) is 0.376. The third-order valence-corrected chi connectivity index (χ3v) is 2.72. The lowest BCUT2D eigenvalue weighted by molar-refractivity contribution is 0.0598. The lowest BCUT2D eigenvalue weighted by Gasteiger charge is -2.12. The zero-order valence-electron chi connectivity index (χ0n) is 8.93. The summed E-state index contributed by atoms with van der Waals surface area (Å²) in [6, 6.07) is 0. The van der Waals surface area contributed by atoms with E-state index in [0.717, 1.165) is 11.1 Å². The van der Waals surface area contributed by atoms with Gasteiger partial charge in [-0.15, -0.1) is 0 Å². The highest BCUT2D eigenvalue weighted by atomic mass is 35.5. The first-order chi connectivity index (χ1) is 7.02. The predicted molar refractivity (Wildman–Crippen MR) is 58.0 cm³/mol. The molecule has 4 nitrogen and oxygen atoms in total. The van der Waals surface area contributed by atoms with E-state index in [2.05, 4.69) is 9.72 Å². The number of carbonyl (C=O) groups excluding carboxylic acids is 1. The van der Waals surface area contributed by atoms with E-state index in [0.29, 0.717) is 16.4 Å². The summed E-state index contributed by atoms with van der Waals surface area (Å²) in [6.45, 7) is 3.76. The van der Waals surface area contributed by atoms with Gasteiger partial charge < -0.3 is 10.5 Å². The van der Waals surface area contributed by atoms with Crippen LogP contribution >= 0.6 is 11.6 Å². The van der Waals surface area contributed by atoms with Crippen LogP contribution in [0.2, 0.25) is 5.15 Å². The van der Waals surface area contributed by atoms with Crippen LogP contribution in [0.15, 0.2) is 0 Å². The second-order valence-corrected chi connectivity index (χ2v) is 3.53. The first-order valence-electron chi connectivity index (χ1n) is 4.46. The first kappa shape index (κ1) is 11.9. The maximum atomic E-state index is 11.5. The largest absolute Gasteiger partial charge is 0.465 e. The van der Waals surface area contributed by atoms with Gasteiger partial charge in [-0.3, -0.25) is 0 Å². The maximum absolute atomic E-state index is 11.5. The maximum Gasteiger partial charge on any atom is 0.340 e. The van der Waals surface area contributed by atoms with Crippen LogP contribution in [0.4, 0.5) is 0 Å². The summed E-state index contributed by atoms with van der Waals surface area (Å²) in [5.74, 6) is -0.430. The van der Waals surface area contributed by atoms with Gasteiger partial charge in [0.25, 0.3) is 0 Å². The van der Waals surface area contributed by atoms with Crippen LogP contribution in [0, 0.1) is 13.8 Å². The SMILES string of the molecule is COC(=O)c1c(CN)nc(Cl)c(C)c1C. The quantitative estimate of drug-likeness (QED) is 0.617. The van der Waals surface area contributed by atoms with Crippen molar-refractivity contribution in [1.29, 1.82) is 0 Å².